The van der Waals surface area contributed by atoms with E-state index in [1.807, 2.05) is 11.8 Å². The van der Waals surface area contributed by atoms with Crippen molar-refractivity contribution in [1.82, 2.24) is 0 Å². The van der Waals surface area contributed by atoms with Gasteiger partial charge in [-0.05, 0) is 23.1 Å². The Morgan fingerprint density at radius 3 is 2.78 bits per heavy atom. The van der Waals surface area contributed by atoms with E-state index in [1.54, 1.807) is 0 Å². The van der Waals surface area contributed by atoms with Crippen molar-refractivity contribution in [2.45, 2.75) is 17.9 Å². The molecule has 0 fully saturated rings. The maximum atomic E-state index is 10.5. The van der Waals surface area contributed by atoms with Crippen molar-refractivity contribution < 1.29 is 17.7 Å². The van der Waals surface area contributed by atoms with Crippen molar-refractivity contribution in [3.8, 4) is 0 Å². The Morgan fingerprint density at radius 1 is 1.22 bits per heavy atom. The summed E-state index contributed by atoms with van der Waals surface area (Å²) in [6, 6.07) is 6.45. The minimum absolute atomic E-state index is 0.0413. The summed E-state index contributed by atoms with van der Waals surface area (Å²) in [5.41, 5.74) is 4.02. The Morgan fingerprint density at radius 2 is 2.00 bits per heavy atom. The fourth-order valence-electron chi connectivity index (χ4n) is 1.84. The van der Waals surface area contributed by atoms with Gasteiger partial charge in [-0.25, -0.2) is 0 Å². The highest BCUT2D eigenvalue weighted by atomic mass is 32.2. The molecule has 0 radical (unpaired) electrons. The number of thioether (sulfide) groups is 1. The van der Waals surface area contributed by atoms with Crippen LogP contribution in [-0.4, -0.2) is 31.9 Å². The van der Waals surface area contributed by atoms with Crippen LogP contribution in [0.4, 0.5) is 0 Å². The lowest BCUT2D eigenvalue weighted by Crippen LogP contribution is -2.12. The minimum Gasteiger partial charge on any atom is -0.380 e. The van der Waals surface area contributed by atoms with Gasteiger partial charge in [-0.15, -0.1) is 0 Å². The van der Waals surface area contributed by atoms with Crippen molar-refractivity contribution in [2.24, 2.45) is 0 Å². The summed E-state index contributed by atoms with van der Waals surface area (Å²) in [4.78, 5) is 0. The lowest BCUT2D eigenvalue weighted by atomic mass is 10.0. The molecule has 4 nitrogen and oxygen atoms in total. The quantitative estimate of drug-likeness (QED) is 0.639. The van der Waals surface area contributed by atoms with E-state index in [-0.39, 0.29) is 12.4 Å². The van der Waals surface area contributed by atoms with Crippen LogP contribution >= 0.6 is 11.8 Å². The number of ether oxygens (including phenoxy) is 1. The van der Waals surface area contributed by atoms with Gasteiger partial charge in [0.1, 0.15) is 0 Å². The van der Waals surface area contributed by atoms with Crippen LogP contribution in [0, 0.1) is 0 Å². The van der Waals surface area contributed by atoms with Gasteiger partial charge in [-0.2, -0.15) is 20.2 Å². The predicted octanol–water partition coefficient (Wildman–Crippen LogP) is 1.88. The summed E-state index contributed by atoms with van der Waals surface area (Å²) in [7, 11) is -3.91. The molecule has 1 aliphatic heterocycles. The van der Waals surface area contributed by atoms with Crippen LogP contribution in [-0.2, 0) is 32.8 Å². The van der Waals surface area contributed by atoms with Crippen LogP contribution < -0.4 is 0 Å². The molecule has 0 aliphatic carbocycles. The lowest BCUT2D eigenvalue weighted by molar-refractivity contribution is 0.151. The molecule has 2 rings (SSSR count). The molecule has 0 aromatic heterocycles. The Labute approximate surface area is 111 Å². The zero-order valence-electron chi connectivity index (χ0n) is 9.96. The Hall–Kier alpha value is -0.560. The van der Waals surface area contributed by atoms with E-state index in [9.17, 15) is 8.42 Å². The van der Waals surface area contributed by atoms with E-state index in [2.05, 4.69) is 18.2 Å². The molecule has 0 atom stereocenters. The predicted molar refractivity (Wildman–Crippen MR) is 72.4 cm³/mol. The van der Waals surface area contributed by atoms with E-state index in [0.717, 1.165) is 17.9 Å². The molecule has 100 valence electrons. The molecule has 0 bridgehead atoms. The maximum Gasteiger partial charge on any atom is 0.267 e. The number of hydrogen-bond donors (Lipinski definition) is 1. The monoisotopic (exact) mass is 288 g/mol. The van der Waals surface area contributed by atoms with E-state index in [0.29, 0.717) is 6.61 Å². The Kier molecular flexibility index (Phi) is 4.66. The number of fused-ring (bicyclic) bond motifs is 1. The molecule has 1 aliphatic rings. The van der Waals surface area contributed by atoms with Crippen LogP contribution in [0.25, 0.3) is 0 Å². The standard InChI is InChI=1S/C12H16O4S2/c13-18(14,15)6-5-16-4-3-10-1-2-11-8-17-9-12(11)7-10/h1-2,7H,3-6,8-9H2,(H,13,14,15). The van der Waals surface area contributed by atoms with Gasteiger partial charge in [0.2, 0.25) is 0 Å². The van der Waals surface area contributed by atoms with Gasteiger partial charge in [-0.1, -0.05) is 18.2 Å². The zero-order valence-corrected chi connectivity index (χ0v) is 11.6. The zero-order chi connectivity index (χ0) is 13.0. The molecule has 18 heavy (non-hydrogen) atoms. The minimum atomic E-state index is -3.91. The molecule has 0 amide bonds. The van der Waals surface area contributed by atoms with Crippen LogP contribution in [0.15, 0.2) is 18.2 Å². The summed E-state index contributed by atoms with van der Waals surface area (Å²) in [5.74, 6) is 1.83. The highest BCUT2D eigenvalue weighted by Crippen LogP contribution is 2.30. The van der Waals surface area contributed by atoms with Crippen LogP contribution in [0.2, 0.25) is 0 Å². The summed E-state index contributed by atoms with van der Waals surface area (Å²) in [5, 5.41) is 0. The van der Waals surface area contributed by atoms with E-state index >= 15 is 0 Å². The van der Waals surface area contributed by atoms with Gasteiger partial charge in [-0.3, -0.25) is 4.55 Å². The van der Waals surface area contributed by atoms with Crippen LogP contribution in [0.1, 0.15) is 16.7 Å². The second-order valence-corrected chi connectivity index (χ2v) is 6.80. The Bertz CT molecular complexity index is 511. The highest BCUT2D eigenvalue weighted by Gasteiger charge is 2.11. The fourth-order valence-corrected chi connectivity index (χ4v) is 3.26. The van der Waals surface area contributed by atoms with Gasteiger partial charge < -0.3 is 4.74 Å². The van der Waals surface area contributed by atoms with Gasteiger partial charge in [0.05, 0.1) is 19.0 Å². The average molecular weight is 288 g/mol. The molecule has 6 heteroatoms. The van der Waals surface area contributed by atoms with Crippen LogP contribution in [0.3, 0.4) is 0 Å². The topological polar surface area (TPSA) is 63.6 Å². The summed E-state index contributed by atoms with van der Waals surface area (Å²) in [6.07, 6.45) is 0.767. The first-order valence-corrected chi connectivity index (χ1v) is 8.52. The first kappa shape index (κ1) is 13.9. The van der Waals surface area contributed by atoms with E-state index < -0.39 is 10.1 Å². The average Bonchev–Trinajstić information content (AvgIpc) is 2.74. The summed E-state index contributed by atoms with van der Waals surface area (Å²) >= 11 is 1.92. The molecular formula is C12H16O4S2. The van der Waals surface area contributed by atoms with Gasteiger partial charge in [0.25, 0.3) is 10.1 Å². The van der Waals surface area contributed by atoms with E-state index in [4.69, 9.17) is 9.29 Å². The van der Waals surface area contributed by atoms with Gasteiger partial charge in [0.15, 0.2) is 0 Å². The molecule has 0 saturated carbocycles. The third-order valence-electron chi connectivity index (χ3n) is 2.81. The van der Waals surface area contributed by atoms with Crippen molar-refractivity contribution in [2.75, 3.05) is 19.0 Å². The molecular weight excluding hydrogens is 272 g/mol. The van der Waals surface area contributed by atoms with Crippen molar-refractivity contribution in [1.29, 1.82) is 0 Å². The van der Waals surface area contributed by atoms with Crippen molar-refractivity contribution in [3.63, 3.8) is 0 Å². The fraction of sp³-hybridized carbons (Fsp3) is 0.500. The van der Waals surface area contributed by atoms with Crippen LogP contribution in [0.5, 0.6) is 0 Å². The SMILES string of the molecule is O=S(=O)(O)CCOCCc1ccc2c(c1)CSC2. The molecule has 1 aromatic carbocycles. The normalized spacial score (nSPS) is 14.7. The Balaban J connectivity index is 1.74. The second kappa shape index (κ2) is 6.06. The van der Waals surface area contributed by atoms with Gasteiger partial charge in [0, 0.05) is 11.5 Å². The third-order valence-corrected chi connectivity index (χ3v) is 4.52. The number of rotatable bonds is 6. The van der Waals surface area contributed by atoms with Crippen molar-refractivity contribution in [3.05, 3.63) is 34.9 Å². The molecule has 1 N–H and O–H groups in total. The molecule has 0 unspecified atom stereocenters. The number of hydrogen-bond acceptors (Lipinski definition) is 4. The third kappa shape index (κ3) is 4.28. The lowest BCUT2D eigenvalue weighted by Gasteiger charge is -2.05. The largest absolute Gasteiger partial charge is 0.380 e. The molecule has 1 heterocycles. The molecule has 0 spiro atoms. The van der Waals surface area contributed by atoms with Crippen molar-refractivity contribution >= 4 is 21.9 Å². The summed E-state index contributed by atoms with van der Waals surface area (Å²) < 4.78 is 34.6. The van der Waals surface area contributed by atoms with Gasteiger partial charge >= 0.3 is 0 Å². The summed E-state index contributed by atoms with van der Waals surface area (Å²) in [6.45, 7) is 0.515. The molecule has 1 aromatic rings. The maximum absolute atomic E-state index is 10.5. The first-order valence-electron chi connectivity index (χ1n) is 5.76. The molecule has 0 saturated heterocycles. The second-order valence-electron chi connectivity index (χ2n) is 4.24. The van der Waals surface area contributed by atoms with E-state index in [1.165, 1.54) is 16.7 Å². The first-order chi connectivity index (χ1) is 8.54. The number of benzene rings is 1. The highest BCUT2D eigenvalue weighted by molar-refractivity contribution is 7.98. The smallest absolute Gasteiger partial charge is 0.267 e.